The normalized spacial score (nSPS) is 27.1. The Bertz CT molecular complexity index is 324. The Morgan fingerprint density at radius 2 is 1.65 bits per heavy atom. The molecule has 1 saturated carbocycles. The number of nitrogens with one attached hydrogen (secondary N) is 1. The third kappa shape index (κ3) is 4.80. The molecule has 0 unspecified atom stereocenters. The molecule has 0 bridgehead atoms. The van der Waals surface area contributed by atoms with Gasteiger partial charge in [-0.15, -0.1) is 0 Å². The van der Waals surface area contributed by atoms with E-state index in [-0.39, 0.29) is 17.7 Å². The first-order chi connectivity index (χ1) is 7.99. The van der Waals surface area contributed by atoms with Gasteiger partial charge in [0.05, 0.1) is 5.92 Å². The van der Waals surface area contributed by atoms with Gasteiger partial charge in [-0.05, 0) is 31.6 Å². The summed E-state index contributed by atoms with van der Waals surface area (Å²) < 4.78 is 0. The van der Waals surface area contributed by atoms with Gasteiger partial charge in [0.25, 0.3) is 11.8 Å². The highest BCUT2D eigenvalue weighted by molar-refractivity contribution is 6.12. The van der Waals surface area contributed by atoms with Crippen LogP contribution < -0.4 is 5.32 Å². The van der Waals surface area contributed by atoms with E-state index < -0.39 is 5.97 Å². The second kappa shape index (κ2) is 6.18. The molecular weight excluding hydrogens is 222 g/mol. The maximum Gasteiger partial charge on any atom is 0.306 e. The van der Waals surface area contributed by atoms with Crippen molar-refractivity contribution in [2.24, 2.45) is 11.8 Å². The van der Waals surface area contributed by atoms with Gasteiger partial charge < -0.3 is 5.11 Å². The lowest BCUT2D eigenvalue weighted by Gasteiger charge is -2.22. The Labute approximate surface area is 99.9 Å². The first-order valence-corrected chi connectivity index (χ1v) is 5.75. The molecule has 1 aliphatic heterocycles. The molecule has 5 nitrogen and oxygen atoms in total. The molecule has 2 N–H and O–H groups in total. The van der Waals surface area contributed by atoms with Gasteiger partial charge in [0.15, 0.2) is 0 Å². The minimum absolute atomic E-state index is 0.0452. The summed E-state index contributed by atoms with van der Waals surface area (Å²) >= 11 is 0. The fraction of sp³-hybridized carbons (Fsp3) is 0.583. The first-order valence-electron chi connectivity index (χ1n) is 5.75. The van der Waals surface area contributed by atoms with Crippen LogP contribution in [0.4, 0.5) is 0 Å². The Kier molecular flexibility index (Phi) is 4.87. The van der Waals surface area contributed by atoms with Crippen LogP contribution >= 0.6 is 0 Å². The number of carboxylic acids is 1. The first kappa shape index (κ1) is 13.4. The third-order valence-electron chi connectivity index (χ3n) is 3.00. The molecule has 1 heterocycles. The number of rotatable bonds is 1. The third-order valence-corrected chi connectivity index (χ3v) is 3.00. The Balaban J connectivity index is 0.000000181. The summed E-state index contributed by atoms with van der Waals surface area (Å²) in [6.07, 6.45) is 6.35. The highest BCUT2D eigenvalue weighted by Gasteiger charge is 2.23. The molecule has 2 amide bonds. The van der Waals surface area contributed by atoms with Gasteiger partial charge in [-0.1, -0.05) is 6.92 Å². The minimum atomic E-state index is -0.605. The predicted octanol–water partition coefficient (Wildman–Crippen LogP) is 1.10. The number of aliphatic carboxylic acids is 1. The lowest BCUT2D eigenvalue weighted by molar-refractivity contribution is -0.143. The summed E-state index contributed by atoms with van der Waals surface area (Å²) in [5.74, 6) is -0.561. The average Bonchev–Trinajstić information content (AvgIpc) is 2.64. The fourth-order valence-electron chi connectivity index (χ4n) is 1.86. The van der Waals surface area contributed by atoms with E-state index in [1.54, 1.807) is 0 Å². The van der Waals surface area contributed by atoms with Gasteiger partial charge in [0, 0.05) is 12.2 Å². The molecule has 0 aromatic heterocycles. The van der Waals surface area contributed by atoms with E-state index in [2.05, 4.69) is 6.92 Å². The Hall–Kier alpha value is -1.65. The largest absolute Gasteiger partial charge is 0.481 e. The predicted molar refractivity (Wildman–Crippen MR) is 61.0 cm³/mol. The SMILES string of the molecule is CC1CCC(C(=O)O)CC1.O=C1C=CC(=O)N1. The molecule has 2 aliphatic rings. The zero-order valence-corrected chi connectivity index (χ0v) is 9.81. The van der Waals surface area contributed by atoms with Crippen molar-refractivity contribution in [2.75, 3.05) is 0 Å². The van der Waals surface area contributed by atoms with Gasteiger partial charge in [-0.25, -0.2) is 0 Å². The summed E-state index contributed by atoms with van der Waals surface area (Å²) in [5, 5.41) is 10.7. The summed E-state index contributed by atoms with van der Waals surface area (Å²) in [5.41, 5.74) is 0. The van der Waals surface area contributed by atoms with Crippen LogP contribution in [-0.2, 0) is 14.4 Å². The monoisotopic (exact) mass is 239 g/mol. The van der Waals surface area contributed by atoms with E-state index in [1.165, 1.54) is 12.2 Å². The van der Waals surface area contributed by atoms with E-state index in [9.17, 15) is 14.4 Å². The van der Waals surface area contributed by atoms with Crippen molar-refractivity contribution >= 4 is 17.8 Å². The number of amides is 2. The van der Waals surface area contributed by atoms with Crippen LogP contribution in [0.3, 0.4) is 0 Å². The molecule has 1 fully saturated rings. The number of hydrogen-bond donors (Lipinski definition) is 2. The maximum atomic E-state index is 10.5. The molecule has 0 aromatic carbocycles. The molecule has 94 valence electrons. The van der Waals surface area contributed by atoms with Crippen LogP contribution in [0.15, 0.2) is 12.2 Å². The lowest BCUT2D eigenvalue weighted by Crippen LogP contribution is -2.19. The molecule has 2 rings (SSSR count). The number of imide groups is 1. The van der Waals surface area contributed by atoms with Crippen molar-refractivity contribution in [1.82, 2.24) is 5.32 Å². The molecule has 0 atom stereocenters. The van der Waals surface area contributed by atoms with Gasteiger partial charge in [-0.3, -0.25) is 19.7 Å². The van der Waals surface area contributed by atoms with E-state index in [1.807, 2.05) is 5.32 Å². The van der Waals surface area contributed by atoms with Crippen molar-refractivity contribution in [3.05, 3.63) is 12.2 Å². The molecule has 0 saturated heterocycles. The highest BCUT2D eigenvalue weighted by atomic mass is 16.4. The molecule has 0 radical (unpaired) electrons. The van der Waals surface area contributed by atoms with Gasteiger partial charge in [0.1, 0.15) is 0 Å². The molecule has 1 aliphatic carbocycles. The second-order valence-electron chi connectivity index (χ2n) is 4.48. The minimum Gasteiger partial charge on any atom is -0.481 e. The van der Waals surface area contributed by atoms with Gasteiger partial charge >= 0.3 is 5.97 Å². The highest BCUT2D eigenvalue weighted by Crippen LogP contribution is 2.27. The molecule has 0 spiro atoms. The van der Waals surface area contributed by atoms with Crippen molar-refractivity contribution < 1.29 is 19.5 Å². The summed E-state index contributed by atoms with van der Waals surface area (Å²) in [6.45, 7) is 2.19. The molecule has 5 heteroatoms. The second-order valence-corrected chi connectivity index (χ2v) is 4.48. The van der Waals surface area contributed by atoms with Crippen molar-refractivity contribution in [3.8, 4) is 0 Å². The van der Waals surface area contributed by atoms with Gasteiger partial charge in [-0.2, -0.15) is 0 Å². The van der Waals surface area contributed by atoms with Crippen LogP contribution in [-0.4, -0.2) is 22.9 Å². The Morgan fingerprint density at radius 3 is 1.94 bits per heavy atom. The number of carboxylic acid groups (broad SMARTS) is 1. The van der Waals surface area contributed by atoms with Crippen molar-refractivity contribution in [1.29, 1.82) is 0 Å². The summed E-state index contributed by atoms with van der Waals surface area (Å²) in [7, 11) is 0. The number of hydrogen-bond acceptors (Lipinski definition) is 3. The summed E-state index contributed by atoms with van der Waals surface area (Å²) in [6, 6.07) is 0. The summed E-state index contributed by atoms with van der Waals surface area (Å²) in [4.78, 5) is 30.5. The lowest BCUT2D eigenvalue weighted by atomic mass is 9.83. The van der Waals surface area contributed by atoms with Crippen molar-refractivity contribution in [3.63, 3.8) is 0 Å². The van der Waals surface area contributed by atoms with Crippen LogP contribution in [0.25, 0.3) is 0 Å². The molecule has 0 aromatic rings. The zero-order chi connectivity index (χ0) is 12.8. The van der Waals surface area contributed by atoms with Crippen molar-refractivity contribution in [2.45, 2.75) is 32.6 Å². The van der Waals surface area contributed by atoms with Crippen LogP contribution in [0.5, 0.6) is 0 Å². The quantitative estimate of drug-likeness (QED) is 0.671. The molecular formula is C12H17NO4. The smallest absolute Gasteiger partial charge is 0.306 e. The maximum absolute atomic E-state index is 10.5. The van der Waals surface area contributed by atoms with Crippen LogP contribution in [0.1, 0.15) is 32.6 Å². The molecule has 17 heavy (non-hydrogen) atoms. The van der Waals surface area contributed by atoms with Crippen LogP contribution in [0, 0.1) is 11.8 Å². The average molecular weight is 239 g/mol. The number of carbonyl (C=O) groups is 3. The zero-order valence-electron chi connectivity index (χ0n) is 9.81. The van der Waals surface area contributed by atoms with Gasteiger partial charge in [0.2, 0.25) is 0 Å². The number of carbonyl (C=O) groups excluding carboxylic acids is 2. The van der Waals surface area contributed by atoms with E-state index >= 15 is 0 Å². The topological polar surface area (TPSA) is 83.5 Å². The van der Waals surface area contributed by atoms with E-state index in [4.69, 9.17) is 5.11 Å². The van der Waals surface area contributed by atoms with E-state index in [0.717, 1.165) is 31.6 Å². The van der Waals surface area contributed by atoms with E-state index in [0.29, 0.717) is 0 Å². The Morgan fingerprint density at radius 1 is 1.18 bits per heavy atom. The standard InChI is InChI=1S/C8H14O2.C4H3NO2/c1-6-2-4-7(5-3-6)8(9)10;6-3-1-2-4(7)5-3/h6-7H,2-5H2,1H3,(H,9,10);1-2H,(H,5,6,7). The fourth-order valence-corrected chi connectivity index (χ4v) is 1.86. The van der Waals surface area contributed by atoms with Crippen LogP contribution in [0.2, 0.25) is 0 Å².